The van der Waals surface area contributed by atoms with Gasteiger partial charge in [-0.1, -0.05) is 48.0 Å². The van der Waals surface area contributed by atoms with Crippen LogP contribution in [0, 0.1) is 6.92 Å². The van der Waals surface area contributed by atoms with Gasteiger partial charge in [0.2, 0.25) is 0 Å². The van der Waals surface area contributed by atoms with Crippen molar-refractivity contribution in [2.24, 2.45) is 5.90 Å². The molecule has 0 aliphatic carbocycles. The normalized spacial score (nSPS) is 10.5. The summed E-state index contributed by atoms with van der Waals surface area (Å²) in [5, 5.41) is 2.85. The summed E-state index contributed by atoms with van der Waals surface area (Å²) in [6.45, 7) is 2.47. The Hall–Kier alpha value is -2.84. The van der Waals surface area contributed by atoms with Crippen molar-refractivity contribution in [3.05, 3.63) is 89.5 Å². The maximum atomic E-state index is 12.6. The molecule has 0 fully saturated rings. The van der Waals surface area contributed by atoms with Gasteiger partial charge in [-0.05, 0) is 42.8 Å². The van der Waals surface area contributed by atoms with E-state index in [-0.39, 0.29) is 5.91 Å². The van der Waals surface area contributed by atoms with Crippen molar-refractivity contribution in [1.82, 2.24) is 0 Å². The summed E-state index contributed by atoms with van der Waals surface area (Å²) in [4.78, 5) is 17.4. The van der Waals surface area contributed by atoms with E-state index in [2.05, 4.69) is 14.6 Å². The first-order valence-corrected chi connectivity index (χ1v) is 9.29. The monoisotopic (exact) mass is 396 g/mol. The fourth-order valence-electron chi connectivity index (χ4n) is 2.47. The summed E-state index contributed by atoms with van der Waals surface area (Å²) in [6.07, 6.45) is 0. The molecule has 144 valence electrons. The van der Waals surface area contributed by atoms with Crippen LogP contribution in [0.1, 0.15) is 21.5 Å². The van der Waals surface area contributed by atoms with Gasteiger partial charge < -0.3 is 10.1 Å². The Morgan fingerprint density at radius 2 is 1.82 bits per heavy atom. The van der Waals surface area contributed by atoms with Crippen LogP contribution in [0.5, 0.6) is 5.75 Å². The van der Waals surface area contributed by atoms with E-state index in [1.165, 1.54) is 5.56 Å². The Labute approximate surface area is 167 Å². The SMILES string of the molecule is Cc1ccc(COc2cccc(C(=O)Nc3ccccc3SOON)c2)cc1. The lowest BCUT2D eigenvalue weighted by Crippen LogP contribution is -2.12. The molecule has 0 spiro atoms. The average Bonchev–Trinajstić information content (AvgIpc) is 2.73. The smallest absolute Gasteiger partial charge is 0.255 e. The summed E-state index contributed by atoms with van der Waals surface area (Å²) in [5.74, 6) is 5.23. The summed E-state index contributed by atoms with van der Waals surface area (Å²) in [7, 11) is 0. The fraction of sp³-hybridized carbons (Fsp3) is 0.0952. The minimum Gasteiger partial charge on any atom is -0.489 e. The highest BCUT2D eigenvalue weighted by Crippen LogP contribution is 2.28. The van der Waals surface area contributed by atoms with Crippen molar-refractivity contribution < 1.29 is 18.9 Å². The quantitative estimate of drug-likeness (QED) is 0.327. The highest BCUT2D eigenvalue weighted by Gasteiger charge is 2.11. The number of ether oxygens (including phenoxy) is 1. The van der Waals surface area contributed by atoms with E-state index in [1.54, 1.807) is 30.3 Å². The Kier molecular flexibility index (Phi) is 7.05. The molecule has 28 heavy (non-hydrogen) atoms. The first kappa shape index (κ1) is 19.9. The van der Waals surface area contributed by atoms with E-state index in [1.807, 2.05) is 49.4 Å². The minimum atomic E-state index is -0.262. The third-order valence-corrected chi connectivity index (χ3v) is 4.60. The van der Waals surface area contributed by atoms with Gasteiger partial charge in [0.05, 0.1) is 22.6 Å². The zero-order valence-electron chi connectivity index (χ0n) is 15.3. The number of hydrogen-bond donors (Lipinski definition) is 2. The molecule has 3 aromatic rings. The third-order valence-electron chi connectivity index (χ3n) is 3.92. The van der Waals surface area contributed by atoms with Crippen LogP contribution < -0.4 is 16.0 Å². The molecule has 0 unspecified atom stereocenters. The molecule has 0 aromatic heterocycles. The Morgan fingerprint density at radius 1 is 1.04 bits per heavy atom. The molecule has 0 aliphatic heterocycles. The molecule has 0 aliphatic rings. The van der Waals surface area contributed by atoms with Gasteiger partial charge in [-0.2, -0.15) is 5.90 Å². The van der Waals surface area contributed by atoms with Crippen LogP contribution in [0.15, 0.2) is 77.7 Å². The number of aryl methyl sites for hydroxylation is 1. The maximum absolute atomic E-state index is 12.6. The minimum absolute atomic E-state index is 0.262. The van der Waals surface area contributed by atoms with Crippen molar-refractivity contribution in [2.75, 3.05) is 5.32 Å². The van der Waals surface area contributed by atoms with Crippen LogP contribution in [0.4, 0.5) is 5.69 Å². The van der Waals surface area contributed by atoms with E-state index >= 15 is 0 Å². The van der Waals surface area contributed by atoms with Gasteiger partial charge in [0.25, 0.3) is 5.91 Å². The van der Waals surface area contributed by atoms with E-state index in [9.17, 15) is 4.79 Å². The second kappa shape index (κ2) is 9.91. The summed E-state index contributed by atoms with van der Waals surface area (Å²) in [6, 6.07) is 22.3. The molecule has 0 heterocycles. The number of anilines is 1. The van der Waals surface area contributed by atoms with E-state index in [4.69, 9.17) is 10.6 Å². The molecule has 1 amide bonds. The van der Waals surface area contributed by atoms with Gasteiger partial charge in [0, 0.05) is 5.56 Å². The Bertz CT molecular complexity index is 932. The van der Waals surface area contributed by atoms with Crippen molar-refractivity contribution in [1.29, 1.82) is 0 Å². The van der Waals surface area contributed by atoms with E-state index in [0.717, 1.165) is 17.6 Å². The Morgan fingerprint density at radius 3 is 2.61 bits per heavy atom. The number of para-hydroxylation sites is 1. The maximum Gasteiger partial charge on any atom is 0.255 e. The molecule has 0 radical (unpaired) electrons. The molecule has 3 aromatic carbocycles. The van der Waals surface area contributed by atoms with E-state index in [0.29, 0.717) is 28.5 Å². The number of carbonyl (C=O) groups excluding carboxylic acids is 1. The molecule has 3 N–H and O–H groups in total. The second-order valence-corrected chi connectivity index (χ2v) is 6.74. The number of nitrogens with two attached hydrogens (primary N) is 1. The summed E-state index contributed by atoms with van der Waals surface area (Å²) in [5.41, 5.74) is 3.33. The molecule has 0 bridgehead atoms. The van der Waals surface area contributed by atoms with Crippen LogP contribution in [0.25, 0.3) is 0 Å². The second-order valence-electron chi connectivity index (χ2n) is 6.00. The topological polar surface area (TPSA) is 82.8 Å². The number of rotatable bonds is 8. The van der Waals surface area contributed by atoms with Gasteiger partial charge in [0.1, 0.15) is 12.4 Å². The summed E-state index contributed by atoms with van der Waals surface area (Å²) < 4.78 is 10.5. The van der Waals surface area contributed by atoms with Crippen LogP contribution in [-0.4, -0.2) is 5.91 Å². The molecule has 3 rings (SSSR count). The van der Waals surface area contributed by atoms with Crippen LogP contribution >= 0.6 is 12.0 Å². The Balaban J connectivity index is 1.66. The van der Waals surface area contributed by atoms with Gasteiger partial charge in [0.15, 0.2) is 0 Å². The highest BCUT2D eigenvalue weighted by atomic mass is 32.2. The number of amides is 1. The van der Waals surface area contributed by atoms with Gasteiger partial charge in [-0.3, -0.25) is 4.79 Å². The first-order valence-electron chi connectivity index (χ1n) is 8.54. The molecular weight excluding hydrogens is 376 g/mol. The van der Waals surface area contributed by atoms with Gasteiger partial charge in [-0.15, -0.1) is 9.32 Å². The highest BCUT2D eigenvalue weighted by molar-refractivity contribution is 7.94. The number of benzene rings is 3. The standard InChI is InChI=1S/C21H20N2O4S/c1-15-9-11-16(12-10-15)14-25-18-6-4-5-17(13-18)21(24)23-19-7-2-3-8-20(19)28-27-26-22/h2-13H,14,22H2,1H3,(H,23,24). The molecule has 0 atom stereocenters. The van der Waals surface area contributed by atoms with Crippen molar-refractivity contribution in [3.63, 3.8) is 0 Å². The lowest BCUT2D eigenvalue weighted by molar-refractivity contribution is -0.195. The third kappa shape index (κ3) is 5.58. The van der Waals surface area contributed by atoms with Crippen LogP contribution in [0.2, 0.25) is 0 Å². The number of nitrogens with one attached hydrogen (secondary N) is 1. The lowest BCUT2D eigenvalue weighted by Gasteiger charge is -2.11. The van der Waals surface area contributed by atoms with Crippen molar-refractivity contribution in [2.45, 2.75) is 18.4 Å². The van der Waals surface area contributed by atoms with Crippen LogP contribution in [-0.2, 0) is 15.9 Å². The molecule has 0 saturated carbocycles. The largest absolute Gasteiger partial charge is 0.489 e. The fourth-order valence-corrected chi connectivity index (χ4v) is 2.93. The average molecular weight is 396 g/mol. The molecule has 7 heteroatoms. The lowest BCUT2D eigenvalue weighted by atomic mass is 10.1. The predicted molar refractivity (Wildman–Crippen MR) is 109 cm³/mol. The van der Waals surface area contributed by atoms with Crippen LogP contribution in [0.3, 0.4) is 0 Å². The van der Waals surface area contributed by atoms with Crippen molar-refractivity contribution >= 4 is 23.6 Å². The van der Waals surface area contributed by atoms with Gasteiger partial charge in [-0.25, -0.2) is 0 Å². The summed E-state index contributed by atoms with van der Waals surface area (Å²) >= 11 is 0.907. The number of carbonyl (C=O) groups is 1. The zero-order valence-corrected chi connectivity index (χ0v) is 16.1. The molecule has 6 nitrogen and oxygen atoms in total. The molecule has 0 saturated heterocycles. The van der Waals surface area contributed by atoms with Gasteiger partial charge >= 0.3 is 0 Å². The van der Waals surface area contributed by atoms with Crippen molar-refractivity contribution in [3.8, 4) is 5.75 Å². The zero-order chi connectivity index (χ0) is 19.8. The van der Waals surface area contributed by atoms with E-state index < -0.39 is 0 Å². The first-order chi connectivity index (χ1) is 13.7. The predicted octanol–water partition coefficient (Wildman–Crippen LogP) is 4.66. The number of hydrogen-bond acceptors (Lipinski definition) is 6. The molecular formula is C21H20N2O4S.